The van der Waals surface area contributed by atoms with Gasteiger partial charge in [-0.2, -0.15) is 11.8 Å². The number of nitrogens with zero attached hydrogens (tertiary/aromatic N) is 2. The first-order valence-corrected chi connectivity index (χ1v) is 7.08. The Hall–Kier alpha value is -1.17. The van der Waals surface area contributed by atoms with E-state index in [0.717, 1.165) is 36.9 Å². The molecular weight excluding hydrogens is 236 g/mol. The average Bonchev–Trinajstić information content (AvgIpc) is 2.35. The van der Waals surface area contributed by atoms with Crippen LogP contribution in [0.4, 0.5) is 11.6 Å². The maximum Gasteiger partial charge on any atom is 0.204 e. The predicted octanol–water partition coefficient (Wildman–Crippen LogP) is 2.08. The molecule has 0 aliphatic heterocycles. The molecule has 0 aromatic carbocycles. The Morgan fingerprint density at radius 2 is 2.00 bits per heavy atom. The highest BCUT2D eigenvalue weighted by Crippen LogP contribution is 2.28. The molecule has 0 atom stereocenters. The number of rotatable bonds is 8. The van der Waals surface area contributed by atoms with Crippen molar-refractivity contribution in [2.24, 2.45) is 0 Å². The number of anilines is 2. The Labute approximate surface area is 107 Å². The SMILES string of the molecule is CCNc1ncnc(NCCCSC)c1OC. The lowest BCUT2D eigenvalue weighted by molar-refractivity contribution is 0.414. The summed E-state index contributed by atoms with van der Waals surface area (Å²) in [7, 11) is 1.63. The normalized spacial score (nSPS) is 10.1. The zero-order chi connectivity index (χ0) is 12.5. The van der Waals surface area contributed by atoms with Gasteiger partial charge in [0.05, 0.1) is 7.11 Å². The van der Waals surface area contributed by atoms with Crippen LogP contribution in [-0.2, 0) is 0 Å². The van der Waals surface area contributed by atoms with E-state index in [-0.39, 0.29) is 0 Å². The van der Waals surface area contributed by atoms with Gasteiger partial charge in [0, 0.05) is 13.1 Å². The van der Waals surface area contributed by atoms with Crippen molar-refractivity contribution >= 4 is 23.4 Å². The van der Waals surface area contributed by atoms with Crippen molar-refractivity contribution in [2.75, 3.05) is 42.8 Å². The molecule has 0 aliphatic rings. The number of aromatic nitrogens is 2. The van der Waals surface area contributed by atoms with E-state index in [4.69, 9.17) is 4.74 Å². The summed E-state index contributed by atoms with van der Waals surface area (Å²) in [6.07, 6.45) is 4.75. The maximum absolute atomic E-state index is 5.33. The fourth-order valence-electron chi connectivity index (χ4n) is 1.41. The Balaban J connectivity index is 2.66. The molecule has 1 heterocycles. The van der Waals surface area contributed by atoms with Crippen molar-refractivity contribution in [3.63, 3.8) is 0 Å². The monoisotopic (exact) mass is 256 g/mol. The summed E-state index contributed by atoms with van der Waals surface area (Å²) in [5, 5.41) is 6.42. The van der Waals surface area contributed by atoms with Gasteiger partial charge in [-0.05, 0) is 25.4 Å². The summed E-state index contributed by atoms with van der Waals surface area (Å²) in [6, 6.07) is 0. The van der Waals surface area contributed by atoms with Gasteiger partial charge >= 0.3 is 0 Å². The lowest BCUT2D eigenvalue weighted by atomic mass is 10.4. The van der Waals surface area contributed by atoms with Crippen molar-refractivity contribution in [1.29, 1.82) is 0 Å². The van der Waals surface area contributed by atoms with Crippen molar-refractivity contribution in [3.8, 4) is 5.75 Å². The first-order chi connectivity index (χ1) is 8.33. The minimum absolute atomic E-state index is 0.679. The van der Waals surface area contributed by atoms with Crippen LogP contribution in [0.15, 0.2) is 6.33 Å². The molecule has 0 saturated heterocycles. The van der Waals surface area contributed by atoms with Crippen molar-refractivity contribution in [3.05, 3.63) is 6.33 Å². The lowest BCUT2D eigenvalue weighted by Gasteiger charge is -2.13. The summed E-state index contributed by atoms with van der Waals surface area (Å²) in [5.41, 5.74) is 0. The van der Waals surface area contributed by atoms with Gasteiger partial charge in [-0.3, -0.25) is 0 Å². The molecule has 1 rings (SSSR count). The van der Waals surface area contributed by atoms with Gasteiger partial charge in [0.15, 0.2) is 11.6 Å². The van der Waals surface area contributed by atoms with E-state index in [1.807, 2.05) is 18.7 Å². The Bertz CT molecular complexity index is 335. The van der Waals surface area contributed by atoms with Crippen LogP contribution in [0.3, 0.4) is 0 Å². The smallest absolute Gasteiger partial charge is 0.204 e. The van der Waals surface area contributed by atoms with E-state index in [2.05, 4.69) is 26.9 Å². The van der Waals surface area contributed by atoms with E-state index >= 15 is 0 Å². The third-order valence-corrected chi connectivity index (χ3v) is 2.87. The third kappa shape index (κ3) is 4.30. The number of methoxy groups -OCH3 is 1. The fraction of sp³-hybridized carbons (Fsp3) is 0.636. The molecule has 0 saturated carbocycles. The van der Waals surface area contributed by atoms with E-state index in [1.165, 1.54) is 6.33 Å². The Morgan fingerprint density at radius 1 is 1.29 bits per heavy atom. The standard InChI is InChI=1S/C11H20N4OS/c1-4-12-10-9(16-2)11(15-8-14-10)13-6-5-7-17-3/h8H,4-7H2,1-3H3,(H2,12,13,14,15). The molecule has 0 aliphatic carbocycles. The van der Waals surface area contributed by atoms with Crippen LogP contribution in [0.25, 0.3) is 0 Å². The summed E-state index contributed by atoms with van der Waals surface area (Å²) >= 11 is 1.84. The molecule has 1 aromatic heterocycles. The van der Waals surface area contributed by atoms with Crippen LogP contribution >= 0.6 is 11.8 Å². The molecular formula is C11H20N4OS. The van der Waals surface area contributed by atoms with Gasteiger partial charge in [0.1, 0.15) is 6.33 Å². The largest absolute Gasteiger partial charge is 0.490 e. The molecule has 0 unspecified atom stereocenters. The average molecular weight is 256 g/mol. The quantitative estimate of drug-likeness (QED) is 0.695. The van der Waals surface area contributed by atoms with Crippen LogP contribution in [-0.4, -0.2) is 42.2 Å². The minimum atomic E-state index is 0.679. The molecule has 17 heavy (non-hydrogen) atoms. The van der Waals surface area contributed by atoms with Gasteiger partial charge in [-0.15, -0.1) is 0 Å². The maximum atomic E-state index is 5.33. The number of nitrogens with one attached hydrogen (secondary N) is 2. The fourth-order valence-corrected chi connectivity index (χ4v) is 1.84. The number of hydrogen-bond acceptors (Lipinski definition) is 6. The van der Waals surface area contributed by atoms with E-state index < -0.39 is 0 Å². The third-order valence-electron chi connectivity index (χ3n) is 2.17. The first kappa shape index (κ1) is 13.9. The molecule has 2 N–H and O–H groups in total. The van der Waals surface area contributed by atoms with Crippen LogP contribution in [0, 0.1) is 0 Å². The molecule has 0 bridgehead atoms. The van der Waals surface area contributed by atoms with Crippen LogP contribution in [0.1, 0.15) is 13.3 Å². The predicted molar refractivity (Wildman–Crippen MR) is 74.2 cm³/mol. The number of ether oxygens (including phenoxy) is 1. The zero-order valence-corrected chi connectivity index (χ0v) is 11.4. The second-order valence-corrected chi connectivity index (χ2v) is 4.39. The van der Waals surface area contributed by atoms with E-state index in [0.29, 0.717) is 5.75 Å². The Morgan fingerprint density at radius 3 is 2.59 bits per heavy atom. The molecule has 96 valence electrons. The molecule has 0 fully saturated rings. The molecule has 0 amide bonds. The summed E-state index contributed by atoms with van der Waals surface area (Å²) < 4.78 is 5.33. The van der Waals surface area contributed by atoms with Gasteiger partial charge in [-0.25, -0.2) is 9.97 Å². The van der Waals surface area contributed by atoms with E-state index in [9.17, 15) is 0 Å². The van der Waals surface area contributed by atoms with E-state index in [1.54, 1.807) is 7.11 Å². The van der Waals surface area contributed by atoms with Gasteiger partial charge in [0.25, 0.3) is 0 Å². The van der Waals surface area contributed by atoms with Gasteiger partial charge < -0.3 is 15.4 Å². The number of thioether (sulfide) groups is 1. The highest BCUT2D eigenvalue weighted by molar-refractivity contribution is 7.98. The molecule has 5 nitrogen and oxygen atoms in total. The van der Waals surface area contributed by atoms with Crippen molar-refractivity contribution < 1.29 is 4.74 Å². The van der Waals surface area contributed by atoms with Crippen LogP contribution in [0.2, 0.25) is 0 Å². The lowest BCUT2D eigenvalue weighted by Crippen LogP contribution is -2.09. The summed E-state index contributed by atoms with van der Waals surface area (Å²) in [5.74, 6) is 3.30. The van der Waals surface area contributed by atoms with Gasteiger partial charge in [0.2, 0.25) is 5.75 Å². The first-order valence-electron chi connectivity index (χ1n) is 5.69. The Kier molecular flexibility index (Phi) is 6.54. The summed E-state index contributed by atoms with van der Waals surface area (Å²) in [4.78, 5) is 8.35. The van der Waals surface area contributed by atoms with Crippen LogP contribution < -0.4 is 15.4 Å². The molecule has 1 aromatic rings. The second kappa shape index (κ2) is 8.00. The topological polar surface area (TPSA) is 59.1 Å². The summed E-state index contributed by atoms with van der Waals surface area (Å²) in [6.45, 7) is 3.71. The van der Waals surface area contributed by atoms with Crippen LogP contribution in [0.5, 0.6) is 5.75 Å². The molecule has 0 radical (unpaired) electrons. The highest BCUT2D eigenvalue weighted by atomic mass is 32.2. The highest BCUT2D eigenvalue weighted by Gasteiger charge is 2.10. The zero-order valence-electron chi connectivity index (χ0n) is 10.6. The molecule has 0 spiro atoms. The molecule has 6 heteroatoms. The van der Waals surface area contributed by atoms with Crippen molar-refractivity contribution in [1.82, 2.24) is 9.97 Å². The minimum Gasteiger partial charge on any atom is -0.490 e. The van der Waals surface area contributed by atoms with Crippen molar-refractivity contribution in [2.45, 2.75) is 13.3 Å². The van der Waals surface area contributed by atoms with Gasteiger partial charge in [-0.1, -0.05) is 0 Å². The second-order valence-electron chi connectivity index (χ2n) is 3.41. The number of hydrogen-bond donors (Lipinski definition) is 2.